The van der Waals surface area contributed by atoms with E-state index in [9.17, 15) is 4.79 Å². The van der Waals surface area contributed by atoms with Crippen LogP contribution in [0.15, 0.2) is 0 Å². The Bertz CT molecular complexity index is 139. The number of hydrogen-bond acceptors (Lipinski definition) is 2. The molecule has 0 aliphatic heterocycles. The second-order valence-corrected chi connectivity index (χ2v) is 3.55. The molecule has 1 saturated carbocycles. The van der Waals surface area contributed by atoms with Crippen molar-refractivity contribution < 1.29 is 4.79 Å². The van der Waals surface area contributed by atoms with E-state index in [0.717, 1.165) is 32.4 Å². The normalized spacial score (nSPS) is 18.4. The molecule has 0 heterocycles. The number of nitrogens with one attached hydrogen (secondary N) is 1. The molecule has 1 fully saturated rings. The maximum Gasteiger partial charge on any atom is 0.137 e. The van der Waals surface area contributed by atoms with Gasteiger partial charge in [0.05, 0.1) is 0 Å². The monoisotopic (exact) mass is 169 g/mol. The van der Waals surface area contributed by atoms with Gasteiger partial charge >= 0.3 is 0 Å². The summed E-state index contributed by atoms with van der Waals surface area (Å²) in [6, 6.07) is 0. The molecule has 0 aromatic heterocycles. The van der Waals surface area contributed by atoms with Crippen molar-refractivity contribution in [2.45, 2.75) is 39.0 Å². The number of ketones is 1. The number of rotatable bonds is 5. The van der Waals surface area contributed by atoms with Crippen LogP contribution in [-0.2, 0) is 4.79 Å². The van der Waals surface area contributed by atoms with Gasteiger partial charge in [0.15, 0.2) is 0 Å². The summed E-state index contributed by atoms with van der Waals surface area (Å²) >= 11 is 0. The topological polar surface area (TPSA) is 29.1 Å². The standard InChI is InChI=1S/C10H19NO/c1-2-11-8-7-10(12)9-5-3-4-6-9/h9,11H,2-8H2,1H3. The van der Waals surface area contributed by atoms with Gasteiger partial charge in [-0.05, 0) is 19.4 Å². The summed E-state index contributed by atoms with van der Waals surface area (Å²) < 4.78 is 0. The lowest BCUT2D eigenvalue weighted by molar-refractivity contribution is -0.122. The van der Waals surface area contributed by atoms with Crippen LogP contribution in [0.2, 0.25) is 0 Å². The SMILES string of the molecule is CCNCCC(=O)C1CCCC1. The highest BCUT2D eigenvalue weighted by Gasteiger charge is 2.21. The Hall–Kier alpha value is -0.370. The van der Waals surface area contributed by atoms with Crippen molar-refractivity contribution in [1.82, 2.24) is 5.32 Å². The maximum atomic E-state index is 11.5. The van der Waals surface area contributed by atoms with Crippen LogP contribution in [0.25, 0.3) is 0 Å². The molecule has 0 saturated heterocycles. The predicted octanol–water partition coefficient (Wildman–Crippen LogP) is 1.75. The van der Waals surface area contributed by atoms with Crippen LogP contribution in [0.5, 0.6) is 0 Å². The smallest absolute Gasteiger partial charge is 0.137 e. The average molecular weight is 169 g/mol. The summed E-state index contributed by atoms with van der Waals surface area (Å²) in [6.45, 7) is 3.91. The summed E-state index contributed by atoms with van der Waals surface area (Å²) in [7, 11) is 0. The van der Waals surface area contributed by atoms with Crippen LogP contribution in [0.3, 0.4) is 0 Å². The second-order valence-electron chi connectivity index (χ2n) is 3.55. The highest BCUT2D eigenvalue weighted by atomic mass is 16.1. The van der Waals surface area contributed by atoms with Crippen LogP contribution < -0.4 is 5.32 Å². The van der Waals surface area contributed by atoms with Crippen LogP contribution in [0, 0.1) is 5.92 Å². The summed E-state index contributed by atoms with van der Waals surface area (Å²) in [5.74, 6) is 0.886. The van der Waals surface area contributed by atoms with Crippen molar-refractivity contribution in [2.24, 2.45) is 5.92 Å². The Balaban J connectivity index is 2.10. The molecule has 70 valence electrons. The lowest BCUT2D eigenvalue weighted by Crippen LogP contribution is -2.20. The first-order valence-corrected chi connectivity index (χ1v) is 5.08. The molecule has 0 amide bonds. The largest absolute Gasteiger partial charge is 0.317 e. The molecule has 1 aliphatic rings. The van der Waals surface area contributed by atoms with Gasteiger partial charge < -0.3 is 5.32 Å². The number of hydrogen-bond donors (Lipinski definition) is 1. The molecule has 1 N–H and O–H groups in total. The lowest BCUT2D eigenvalue weighted by Gasteiger charge is -2.07. The van der Waals surface area contributed by atoms with Gasteiger partial charge in [-0.15, -0.1) is 0 Å². The van der Waals surface area contributed by atoms with Gasteiger partial charge in [-0.25, -0.2) is 0 Å². The third-order valence-electron chi connectivity index (χ3n) is 2.61. The van der Waals surface area contributed by atoms with E-state index >= 15 is 0 Å². The first-order chi connectivity index (χ1) is 5.84. The molecule has 12 heavy (non-hydrogen) atoms. The quantitative estimate of drug-likeness (QED) is 0.635. The lowest BCUT2D eigenvalue weighted by atomic mass is 10.0. The molecular formula is C10H19NO. The Morgan fingerprint density at radius 3 is 2.67 bits per heavy atom. The van der Waals surface area contributed by atoms with E-state index in [1.165, 1.54) is 12.8 Å². The molecular weight excluding hydrogens is 150 g/mol. The van der Waals surface area contributed by atoms with Crippen LogP contribution in [0.4, 0.5) is 0 Å². The van der Waals surface area contributed by atoms with Crippen molar-refractivity contribution in [2.75, 3.05) is 13.1 Å². The van der Waals surface area contributed by atoms with E-state index in [1.54, 1.807) is 0 Å². The molecule has 0 atom stereocenters. The Morgan fingerprint density at radius 2 is 2.08 bits per heavy atom. The molecule has 0 bridgehead atoms. The first kappa shape index (κ1) is 9.72. The molecule has 2 heteroatoms. The highest BCUT2D eigenvalue weighted by Crippen LogP contribution is 2.26. The van der Waals surface area contributed by atoms with Crippen molar-refractivity contribution in [3.63, 3.8) is 0 Å². The van der Waals surface area contributed by atoms with Crippen LogP contribution in [0.1, 0.15) is 39.0 Å². The molecule has 0 unspecified atom stereocenters. The third kappa shape index (κ3) is 2.94. The zero-order chi connectivity index (χ0) is 8.81. The van der Waals surface area contributed by atoms with E-state index in [-0.39, 0.29) is 0 Å². The van der Waals surface area contributed by atoms with Crippen molar-refractivity contribution in [1.29, 1.82) is 0 Å². The summed E-state index contributed by atoms with van der Waals surface area (Å²) in [5.41, 5.74) is 0. The first-order valence-electron chi connectivity index (χ1n) is 5.08. The molecule has 1 aliphatic carbocycles. The van der Waals surface area contributed by atoms with E-state index in [0.29, 0.717) is 11.7 Å². The summed E-state index contributed by atoms with van der Waals surface area (Å²) in [6.07, 6.45) is 5.55. The van der Waals surface area contributed by atoms with Gasteiger partial charge in [-0.1, -0.05) is 19.8 Å². The van der Waals surface area contributed by atoms with E-state index < -0.39 is 0 Å². The molecule has 2 nitrogen and oxygen atoms in total. The third-order valence-corrected chi connectivity index (χ3v) is 2.61. The van der Waals surface area contributed by atoms with E-state index in [2.05, 4.69) is 12.2 Å². The average Bonchev–Trinajstić information content (AvgIpc) is 2.56. The zero-order valence-electron chi connectivity index (χ0n) is 7.94. The summed E-state index contributed by atoms with van der Waals surface area (Å²) in [4.78, 5) is 11.5. The fourth-order valence-corrected chi connectivity index (χ4v) is 1.84. The van der Waals surface area contributed by atoms with Crippen molar-refractivity contribution in [3.8, 4) is 0 Å². The number of carbonyl (C=O) groups is 1. The zero-order valence-corrected chi connectivity index (χ0v) is 7.94. The van der Waals surface area contributed by atoms with E-state index in [4.69, 9.17) is 0 Å². The van der Waals surface area contributed by atoms with E-state index in [1.807, 2.05) is 0 Å². The second kappa shape index (κ2) is 5.31. The Kier molecular flexibility index (Phi) is 4.30. The summed E-state index contributed by atoms with van der Waals surface area (Å²) in [5, 5.41) is 3.18. The highest BCUT2D eigenvalue weighted by molar-refractivity contribution is 5.81. The molecule has 1 rings (SSSR count). The van der Waals surface area contributed by atoms with Crippen molar-refractivity contribution in [3.05, 3.63) is 0 Å². The molecule has 0 aromatic rings. The number of carbonyl (C=O) groups excluding carboxylic acids is 1. The molecule has 0 aromatic carbocycles. The minimum absolute atomic E-state index is 0.406. The minimum Gasteiger partial charge on any atom is -0.317 e. The fourth-order valence-electron chi connectivity index (χ4n) is 1.84. The molecule has 0 radical (unpaired) electrons. The van der Waals surface area contributed by atoms with Gasteiger partial charge in [0.1, 0.15) is 5.78 Å². The Morgan fingerprint density at radius 1 is 1.42 bits per heavy atom. The van der Waals surface area contributed by atoms with Gasteiger partial charge in [-0.2, -0.15) is 0 Å². The maximum absolute atomic E-state index is 11.5. The van der Waals surface area contributed by atoms with Gasteiger partial charge in [-0.3, -0.25) is 4.79 Å². The minimum atomic E-state index is 0.406. The van der Waals surface area contributed by atoms with Gasteiger partial charge in [0.25, 0.3) is 0 Å². The van der Waals surface area contributed by atoms with Crippen LogP contribution >= 0.6 is 0 Å². The van der Waals surface area contributed by atoms with Crippen LogP contribution in [-0.4, -0.2) is 18.9 Å². The van der Waals surface area contributed by atoms with Crippen molar-refractivity contribution >= 4 is 5.78 Å². The Labute approximate surface area is 74.7 Å². The van der Waals surface area contributed by atoms with Gasteiger partial charge in [0, 0.05) is 18.9 Å². The fraction of sp³-hybridized carbons (Fsp3) is 0.900. The predicted molar refractivity (Wildman–Crippen MR) is 50.1 cm³/mol. The number of Topliss-reactive ketones (excluding diaryl/α,β-unsaturated/α-hetero) is 1. The molecule has 0 spiro atoms. The van der Waals surface area contributed by atoms with Gasteiger partial charge in [0.2, 0.25) is 0 Å².